The number of nitrogens with zero attached hydrogens (tertiary/aromatic N) is 2. The smallest absolute Gasteiger partial charge is 0.323 e. The Kier molecular flexibility index (Phi) is 5.11. The minimum Gasteiger partial charge on any atom is -0.351 e. The lowest BCUT2D eigenvalue weighted by Gasteiger charge is -2.27. The van der Waals surface area contributed by atoms with Crippen molar-refractivity contribution in [1.29, 1.82) is 0 Å². The Morgan fingerprint density at radius 3 is 2.50 bits per heavy atom. The maximum Gasteiger partial charge on any atom is 0.323 e. The summed E-state index contributed by atoms with van der Waals surface area (Å²) in [5, 5.41) is 6.63. The lowest BCUT2D eigenvalue weighted by molar-refractivity contribution is -0.120. The van der Waals surface area contributed by atoms with Gasteiger partial charge in [-0.05, 0) is 47.9 Å². The number of hydrogen-bond acceptors (Lipinski definition) is 3. The number of urea groups is 1. The average molecular weight is 460 g/mol. The number of likely N-dealkylation sites (tertiary alicyclic amines) is 1. The Labute approximate surface area is 198 Å². The van der Waals surface area contributed by atoms with Crippen molar-refractivity contribution in [2.75, 3.05) is 10.6 Å². The Morgan fingerprint density at radius 2 is 1.76 bits per heavy atom. The molecule has 2 aliphatic rings. The molecule has 0 spiro atoms. The van der Waals surface area contributed by atoms with Crippen LogP contribution in [0.1, 0.15) is 39.2 Å². The fourth-order valence-corrected chi connectivity index (χ4v) is 4.91. The topological polar surface area (TPSA) is 109 Å². The van der Waals surface area contributed by atoms with Gasteiger partial charge in [0.05, 0.1) is 11.2 Å². The maximum absolute atomic E-state index is 13.3. The highest BCUT2D eigenvalue weighted by molar-refractivity contribution is 6.06. The van der Waals surface area contributed by atoms with Crippen LogP contribution in [-0.2, 0) is 10.2 Å². The van der Waals surface area contributed by atoms with Crippen LogP contribution in [0.2, 0.25) is 0 Å². The summed E-state index contributed by atoms with van der Waals surface area (Å²) in [5.74, 6) is 0.155. The second-order valence-electron chi connectivity index (χ2n) is 10.2. The molecule has 1 saturated carbocycles. The Balaban J connectivity index is 1.36. The molecule has 1 aliphatic carbocycles. The largest absolute Gasteiger partial charge is 0.351 e. The quantitative estimate of drug-likeness (QED) is 0.536. The predicted octanol–water partition coefficient (Wildman–Crippen LogP) is 4.50. The number of nitrogens with two attached hydrogens (primary N) is 1. The van der Waals surface area contributed by atoms with Gasteiger partial charge in [-0.1, -0.05) is 51.1 Å². The third-order valence-corrected chi connectivity index (χ3v) is 6.83. The molecule has 8 heteroatoms. The second-order valence-corrected chi connectivity index (χ2v) is 10.2. The zero-order valence-corrected chi connectivity index (χ0v) is 19.5. The molecule has 0 unspecified atom stereocenters. The van der Waals surface area contributed by atoms with Gasteiger partial charge in [0.15, 0.2) is 0 Å². The fourth-order valence-electron chi connectivity index (χ4n) is 4.91. The summed E-state index contributed by atoms with van der Waals surface area (Å²) in [4.78, 5) is 40.0. The van der Waals surface area contributed by atoms with Crippen LogP contribution in [0.15, 0.2) is 54.7 Å². The predicted molar refractivity (Wildman–Crippen MR) is 132 cm³/mol. The summed E-state index contributed by atoms with van der Waals surface area (Å²) in [5.41, 5.74) is 8.41. The number of aromatic nitrogens is 1. The Hall–Kier alpha value is -3.81. The van der Waals surface area contributed by atoms with E-state index in [9.17, 15) is 14.4 Å². The van der Waals surface area contributed by atoms with Gasteiger partial charge >= 0.3 is 12.1 Å². The first-order valence-electron chi connectivity index (χ1n) is 11.5. The van der Waals surface area contributed by atoms with E-state index in [1.54, 1.807) is 17.0 Å². The van der Waals surface area contributed by atoms with E-state index in [1.165, 1.54) is 10.8 Å². The van der Waals surface area contributed by atoms with Crippen LogP contribution in [0.3, 0.4) is 0 Å². The molecular formula is C26H29N5O3. The molecule has 4 N–H and O–H groups in total. The SMILES string of the molecule is CC(C)(C)c1cccc(NC(=O)[C@@H]2C[C@H]3C[C@H]3N2C(=O)Nc2cn(C(N)=O)c3ccccc23)c1. The lowest BCUT2D eigenvalue weighted by atomic mass is 9.87. The van der Waals surface area contributed by atoms with Crippen molar-refractivity contribution in [3.63, 3.8) is 0 Å². The molecule has 34 heavy (non-hydrogen) atoms. The number of hydrogen-bond donors (Lipinski definition) is 3. The summed E-state index contributed by atoms with van der Waals surface area (Å²) in [7, 11) is 0. The van der Waals surface area contributed by atoms with Gasteiger partial charge in [-0.2, -0.15) is 0 Å². The van der Waals surface area contributed by atoms with Crippen molar-refractivity contribution in [3.05, 3.63) is 60.3 Å². The molecule has 2 heterocycles. The molecule has 1 aromatic heterocycles. The highest BCUT2D eigenvalue weighted by Crippen LogP contribution is 2.48. The van der Waals surface area contributed by atoms with Crippen molar-refractivity contribution >= 4 is 40.2 Å². The molecule has 0 radical (unpaired) electrons. The normalized spacial score (nSPS) is 21.3. The van der Waals surface area contributed by atoms with Gasteiger partial charge < -0.3 is 21.3 Å². The number of piperidine rings is 1. The van der Waals surface area contributed by atoms with E-state index in [1.807, 2.05) is 36.4 Å². The number of anilines is 2. The number of nitrogens with one attached hydrogen (secondary N) is 2. The summed E-state index contributed by atoms with van der Waals surface area (Å²) in [6.07, 6.45) is 3.07. The molecule has 2 fully saturated rings. The van der Waals surface area contributed by atoms with Crippen LogP contribution in [0.25, 0.3) is 10.9 Å². The summed E-state index contributed by atoms with van der Waals surface area (Å²) in [6.45, 7) is 6.37. The van der Waals surface area contributed by atoms with Gasteiger partial charge in [-0.15, -0.1) is 0 Å². The zero-order valence-electron chi connectivity index (χ0n) is 19.5. The van der Waals surface area contributed by atoms with Crippen LogP contribution in [0, 0.1) is 5.92 Å². The fraction of sp³-hybridized carbons (Fsp3) is 0.346. The van der Waals surface area contributed by atoms with E-state index in [-0.39, 0.29) is 23.4 Å². The number of fused-ring (bicyclic) bond motifs is 2. The first kappa shape index (κ1) is 22.0. The highest BCUT2D eigenvalue weighted by Gasteiger charge is 2.56. The van der Waals surface area contributed by atoms with Crippen LogP contribution in [0.4, 0.5) is 21.0 Å². The summed E-state index contributed by atoms with van der Waals surface area (Å²) >= 11 is 0. The lowest BCUT2D eigenvalue weighted by Crippen LogP contribution is -2.47. The zero-order chi connectivity index (χ0) is 24.2. The van der Waals surface area contributed by atoms with Gasteiger partial charge in [0.1, 0.15) is 6.04 Å². The third kappa shape index (κ3) is 3.89. The first-order chi connectivity index (χ1) is 16.1. The Bertz CT molecular complexity index is 1310. The Morgan fingerprint density at radius 1 is 1.00 bits per heavy atom. The van der Waals surface area contributed by atoms with E-state index >= 15 is 0 Å². The molecular weight excluding hydrogens is 430 g/mol. The van der Waals surface area contributed by atoms with Crippen LogP contribution in [-0.4, -0.2) is 39.5 Å². The number of carbonyl (C=O) groups is 3. The van der Waals surface area contributed by atoms with E-state index in [4.69, 9.17) is 5.73 Å². The molecule has 1 aliphatic heterocycles. The molecule has 0 bridgehead atoms. The number of benzene rings is 2. The minimum atomic E-state index is -0.630. The highest BCUT2D eigenvalue weighted by atomic mass is 16.2. The molecule has 1 saturated heterocycles. The van der Waals surface area contributed by atoms with Crippen LogP contribution < -0.4 is 16.4 Å². The van der Waals surface area contributed by atoms with E-state index in [0.29, 0.717) is 28.9 Å². The van der Waals surface area contributed by atoms with Crippen molar-refractivity contribution in [3.8, 4) is 0 Å². The number of amides is 4. The van der Waals surface area contributed by atoms with Gasteiger partial charge in [-0.3, -0.25) is 9.36 Å². The molecule has 3 atom stereocenters. The maximum atomic E-state index is 13.3. The van der Waals surface area contributed by atoms with E-state index in [0.717, 1.165) is 17.7 Å². The summed E-state index contributed by atoms with van der Waals surface area (Å²) < 4.78 is 1.31. The molecule has 2 aromatic carbocycles. The van der Waals surface area contributed by atoms with Gasteiger partial charge in [0.25, 0.3) is 0 Å². The van der Waals surface area contributed by atoms with Crippen molar-refractivity contribution in [2.24, 2.45) is 11.7 Å². The van der Waals surface area contributed by atoms with Crippen molar-refractivity contribution < 1.29 is 14.4 Å². The molecule has 3 aromatic rings. The van der Waals surface area contributed by atoms with E-state index < -0.39 is 12.1 Å². The van der Waals surface area contributed by atoms with Crippen LogP contribution >= 0.6 is 0 Å². The molecule has 8 nitrogen and oxygen atoms in total. The first-order valence-corrected chi connectivity index (χ1v) is 11.5. The van der Waals surface area contributed by atoms with Gasteiger partial charge in [0.2, 0.25) is 5.91 Å². The molecule has 4 amide bonds. The molecule has 176 valence electrons. The average Bonchev–Trinajstić information content (AvgIpc) is 3.29. The number of para-hydroxylation sites is 1. The van der Waals surface area contributed by atoms with E-state index in [2.05, 4.69) is 31.4 Å². The molecule has 5 rings (SSSR count). The number of primary amides is 1. The number of carbonyl (C=O) groups excluding carboxylic acids is 3. The number of rotatable bonds is 3. The second kappa shape index (κ2) is 7.90. The monoisotopic (exact) mass is 459 g/mol. The van der Waals surface area contributed by atoms with Crippen LogP contribution in [0.5, 0.6) is 0 Å². The van der Waals surface area contributed by atoms with Crippen molar-refractivity contribution in [2.45, 2.75) is 51.1 Å². The van der Waals surface area contributed by atoms with Gasteiger partial charge in [0, 0.05) is 23.3 Å². The summed E-state index contributed by atoms with van der Waals surface area (Å²) in [6, 6.07) is 13.6. The minimum absolute atomic E-state index is 0.0360. The third-order valence-electron chi connectivity index (χ3n) is 6.83. The standard InChI is InChI=1S/C26H29N5O3/c1-26(2,3)16-7-6-8-17(13-16)28-23(32)22-12-15-11-21(15)31(22)25(34)29-19-14-30(24(27)33)20-10-5-4-9-18(19)20/h4-10,13-15,21-22H,11-12H2,1-3H3,(H2,27,33)(H,28,32)(H,29,34)/t15-,21-,22+/m1/s1. The van der Waals surface area contributed by atoms with Gasteiger partial charge in [-0.25, -0.2) is 9.59 Å². The van der Waals surface area contributed by atoms with Crippen molar-refractivity contribution in [1.82, 2.24) is 9.47 Å².